The largest absolute Gasteiger partial charge is 0.386 e. The fraction of sp³-hybridized carbons (Fsp3) is 0.154. The number of hydrogen-bond donors (Lipinski definition) is 1. The summed E-state index contributed by atoms with van der Waals surface area (Å²) in [5, 5.41) is 10.1. The maximum absolute atomic E-state index is 13.1. The molecule has 1 N–H and O–H groups in total. The molecule has 0 aliphatic carbocycles. The Balaban J connectivity index is 2.18. The predicted molar refractivity (Wildman–Crippen MR) is 74.7 cm³/mol. The first-order valence-corrected chi connectivity index (χ1v) is 6.88. The fourth-order valence-corrected chi connectivity index (χ4v) is 2.24. The number of aliphatic hydroxyl groups excluding tert-OH is 1. The number of pyridine rings is 1. The molecular weight excluding hydrogens is 365 g/mol. The van der Waals surface area contributed by atoms with Gasteiger partial charge in [-0.3, -0.25) is 4.98 Å². The average Bonchev–Trinajstić information content (AvgIpc) is 2.34. The van der Waals surface area contributed by atoms with Gasteiger partial charge in [0, 0.05) is 21.6 Å². The molecule has 1 aromatic heterocycles. The molecule has 0 aliphatic heterocycles. The Morgan fingerprint density at radius 2 is 2.00 bits per heavy atom. The summed E-state index contributed by atoms with van der Waals surface area (Å²) in [6.45, 7) is 0. The lowest BCUT2D eigenvalue weighted by atomic mass is 10.1. The summed E-state index contributed by atoms with van der Waals surface area (Å²) in [6, 6.07) is 7.96. The van der Waals surface area contributed by atoms with Gasteiger partial charge in [0.1, 0.15) is 5.82 Å². The first-order valence-electron chi connectivity index (χ1n) is 5.29. The van der Waals surface area contributed by atoms with Gasteiger partial charge in [-0.1, -0.05) is 15.9 Å². The highest BCUT2D eigenvalue weighted by Gasteiger charge is 2.12. The summed E-state index contributed by atoms with van der Waals surface area (Å²) in [4.78, 5) is 4.12. The van der Waals surface area contributed by atoms with E-state index in [1.807, 2.05) is 6.07 Å². The maximum Gasteiger partial charge on any atom is 0.123 e. The molecule has 1 aromatic carbocycles. The molecule has 0 spiro atoms. The number of benzene rings is 1. The van der Waals surface area contributed by atoms with Crippen molar-refractivity contribution in [3.8, 4) is 0 Å². The van der Waals surface area contributed by atoms with Gasteiger partial charge in [-0.15, -0.1) is 0 Å². The minimum atomic E-state index is -0.754. The number of aliphatic hydroxyl groups is 1. The Hall–Kier alpha value is -0.780. The third-order valence-corrected chi connectivity index (χ3v) is 3.76. The molecule has 0 saturated heterocycles. The van der Waals surface area contributed by atoms with Crippen LogP contribution in [0.15, 0.2) is 45.5 Å². The third kappa shape index (κ3) is 3.37. The molecule has 0 bridgehead atoms. The van der Waals surface area contributed by atoms with E-state index in [2.05, 4.69) is 36.8 Å². The van der Waals surface area contributed by atoms with Crippen molar-refractivity contribution in [2.75, 3.05) is 0 Å². The van der Waals surface area contributed by atoms with Crippen molar-refractivity contribution < 1.29 is 9.50 Å². The number of hydrogen-bond acceptors (Lipinski definition) is 2. The Labute approximate surface area is 121 Å². The van der Waals surface area contributed by atoms with E-state index in [1.165, 1.54) is 12.1 Å². The lowest BCUT2D eigenvalue weighted by Crippen LogP contribution is -2.04. The van der Waals surface area contributed by atoms with Crippen LogP contribution in [-0.4, -0.2) is 10.1 Å². The van der Waals surface area contributed by atoms with Crippen LogP contribution in [0.1, 0.15) is 17.4 Å². The molecular formula is C13H10Br2FNO. The van der Waals surface area contributed by atoms with Crippen LogP contribution in [0.25, 0.3) is 0 Å². The minimum Gasteiger partial charge on any atom is -0.386 e. The first kappa shape index (κ1) is 13.6. The zero-order valence-corrected chi connectivity index (χ0v) is 12.4. The second-order valence-electron chi connectivity index (χ2n) is 3.86. The van der Waals surface area contributed by atoms with Crippen LogP contribution in [0.4, 0.5) is 4.39 Å². The summed E-state index contributed by atoms with van der Waals surface area (Å²) in [7, 11) is 0. The molecule has 0 radical (unpaired) electrons. The Bertz CT molecular complexity index is 545. The van der Waals surface area contributed by atoms with Gasteiger partial charge in [-0.05, 0) is 51.8 Å². The topological polar surface area (TPSA) is 33.1 Å². The zero-order chi connectivity index (χ0) is 13.1. The smallest absolute Gasteiger partial charge is 0.123 e. The molecule has 94 valence electrons. The van der Waals surface area contributed by atoms with Gasteiger partial charge in [0.15, 0.2) is 0 Å². The maximum atomic E-state index is 13.1. The monoisotopic (exact) mass is 373 g/mol. The van der Waals surface area contributed by atoms with Gasteiger partial charge in [-0.25, -0.2) is 4.39 Å². The van der Waals surface area contributed by atoms with E-state index in [0.29, 0.717) is 17.7 Å². The Morgan fingerprint density at radius 3 is 2.67 bits per heavy atom. The van der Waals surface area contributed by atoms with Crippen LogP contribution in [0.2, 0.25) is 0 Å². The molecule has 1 heterocycles. The molecule has 0 aliphatic rings. The fourth-order valence-electron chi connectivity index (χ4n) is 1.60. The van der Waals surface area contributed by atoms with Gasteiger partial charge in [0.25, 0.3) is 0 Å². The van der Waals surface area contributed by atoms with Gasteiger partial charge >= 0.3 is 0 Å². The molecule has 0 saturated carbocycles. The van der Waals surface area contributed by atoms with E-state index in [0.717, 1.165) is 8.95 Å². The molecule has 1 atom stereocenters. The SMILES string of the molecule is OC(Cc1cc(F)ccc1Br)c1ccc(Br)cn1. The summed E-state index contributed by atoms with van der Waals surface area (Å²) in [6.07, 6.45) is 1.18. The van der Waals surface area contributed by atoms with Gasteiger partial charge in [0.2, 0.25) is 0 Å². The van der Waals surface area contributed by atoms with Crippen LogP contribution in [0, 0.1) is 5.82 Å². The average molecular weight is 375 g/mol. The predicted octanol–water partition coefficient (Wildman–Crippen LogP) is 4.02. The molecule has 2 nitrogen and oxygen atoms in total. The summed E-state index contributed by atoms with van der Waals surface area (Å²) in [5.41, 5.74) is 1.28. The van der Waals surface area contributed by atoms with Gasteiger partial charge in [-0.2, -0.15) is 0 Å². The van der Waals surface area contributed by atoms with E-state index in [-0.39, 0.29) is 5.82 Å². The highest BCUT2D eigenvalue weighted by Crippen LogP contribution is 2.24. The Kier molecular flexibility index (Phi) is 4.48. The minimum absolute atomic E-state index is 0.312. The summed E-state index contributed by atoms with van der Waals surface area (Å²) in [5.74, 6) is -0.316. The van der Waals surface area contributed by atoms with Crippen molar-refractivity contribution in [1.29, 1.82) is 0 Å². The molecule has 1 unspecified atom stereocenters. The van der Waals surface area contributed by atoms with Crippen molar-refractivity contribution >= 4 is 31.9 Å². The van der Waals surface area contributed by atoms with E-state index in [9.17, 15) is 9.50 Å². The number of halogens is 3. The van der Waals surface area contributed by atoms with Crippen molar-refractivity contribution in [2.45, 2.75) is 12.5 Å². The van der Waals surface area contributed by atoms with Crippen LogP contribution in [0.5, 0.6) is 0 Å². The lowest BCUT2D eigenvalue weighted by Gasteiger charge is -2.11. The second-order valence-corrected chi connectivity index (χ2v) is 5.63. The van der Waals surface area contributed by atoms with Crippen LogP contribution in [0.3, 0.4) is 0 Å². The molecule has 0 fully saturated rings. The number of aromatic nitrogens is 1. The normalized spacial score (nSPS) is 12.4. The van der Waals surface area contributed by atoms with Crippen LogP contribution < -0.4 is 0 Å². The van der Waals surface area contributed by atoms with E-state index < -0.39 is 6.10 Å². The van der Waals surface area contributed by atoms with Crippen molar-refractivity contribution in [3.63, 3.8) is 0 Å². The third-order valence-electron chi connectivity index (χ3n) is 2.51. The second kappa shape index (κ2) is 5.91. The summed E-state index contributed by atoms with van der Waals surface area (Å²) >= 11 is 6.62. The van der Waals surface area contributed by atoms with Crippen LogP contribution in [-0.2, 0) is 6.42 Å². The molecule has 5 heteroatoms. The van der Waals surface area contributed by atoms with Gasteiger partial charge in [0.05, 0.1) is 11.8 Å². The molecule has 2 aromatic rings. The van der Waals surface area contributed by atoms with E-state index in [1.54, 1.807) is 18.3 Å². The molecule has 0 amide bonds. The van der Waals surface area contributed by atoms with Crippen molar-refractivity contribution in [1.82, 2.24) is 4.98 Å². The zero-order valence-electron chi connectivity index (χ0n) is 9.28. The molecule has 2 rings (SSSR count). The Morgan fingerprint density at radius 1 is 1.22 bits per heavy atom. The van der Waals surface area contributed by atoms with E-state index in [4.69, 9.17) is 0 Å². The van der Waals surface area contributed by atoms with E-state index >= 15 is 0 Å². The quantitative estimate of drug-likeness (QED) is 0.880. The standard InChI is InChI=1S/C13H10Br2FNO/c14-9-1-4-12(17-7-9)13(18)6-8-5-10(16)2-3-11(8)15/h1-5,7,13,18H,6H2. The van der Waals surface area contributed by atoms with Crippen molar-refractivity contribution in [2.24, 2.45) is 0 Å². The highest BCUT2D eigenvalue weighted by atomic mass is 79.9. The highest BCUT2D eigenvalue weighted by molar-refractivity contribution is 9.10. The number of nitrogens with zero attached hydrogens (tertiary/aromatic N) is 1. The lowest BCUT2D eigenvalue weighted by molar-refractivity contribution is 0.173. The molecule has 18 heavy (non-hydrogen) atoms. The van der Waals surface area contributed by atoms with Crippen LogP contribution >= 0.6 is 31.9 Å². The number of rotatable bonds is 3. The van der Waals surface area contributed by atoms with Crippen molar-refractivity contribution in [3.05, 3.63) is 62.5 Å². The summed E-state index contributed by atoms with van der Waals surface area (Å²) < 4.78 is 14.8. The first-order chi connectivity index (χ1) is 8.56. The van der Waals surface area contributed by atoms with Gasteiger partial charge < -0.3 is 5.11 Å².